The summed E-state index contributed by atoms with van der Waals surface area (Å²) in [4.78, 5) is 15.6. The summed E-state index contributed by atoms with van der Waals surface area (Å²) >= 11 is 11.8. The fraction of sp³-hybridized carbons (Fsp3) is 0.0714. The van der Waals surface area contributed by atoms with Crippen LogP contribution in [0.15, 0.2) is 46.0 Å². The molecule has 10 heteroatoms. The van der Waals surface area contributed by atoms with Crippen molar-refractivity contribution in [2.45, 2.75) is 6.18 Å². The van der Waals surface area contributed by atoms with Gasteiger partial charge in [-0.15, -0.1) is 0 Å². The van der Waals surface area contributed by atoms with Crippen molar-refractivity contribution in [3.05, 3.63) is 62.8 Å². The topological polar surface area (TPSA) is 60.9 Å². The van der Waals surface area contributed by atoms with Crippen molar-refractivity contribution in [1.29, 1.82) is 0 Å². The molecule has 0 aliphatic heterocycles. The van der Waals surface area contributed by atoms with Crippen LogP contribution in [0.3, 0.4) is 0 Å². The monoisotopic (exact) mass is 375 g/mol. The Kier molecular flexibility index (Phi) is 4.10. The van der Waals surface area contributed by atoms with Gasteiger partial charge in [0.15, 0.2) is 5.82 Å². The van der Waals surface area contributed by atoms with Gasteiger partial charge in [0.2, 0.25) is 0 Å². The van der Waals surface area contributed by atoms with Gasteiger partial charge in [-0.25, -0.2) is 9.36 Å². The zero-order chi connectivity index (χ0) is 17.5. The number of aromatic nitrogens is 3. The van der Waals surface area contributed by atoms with Crippen LogP contribution in [0.4, 0.5) is 13.2 Å². The summed E-state index contributed by atoms with van der Waals surface area (Å²) < 4.78 is 44.9. The predicted molar refractivity (Wildman–Crippen MR) is 80.4 cm³/mol. The van der Waals surface area contributed by atoms with E-state index in [4.69, 9.17) is 23.2 Å². The Labute approximate surface area is 142 Å². The summed E-state index contributed by atoms with van der Waals surface area (Å²) in [6.07, 6.45) is -2.73. The van der Waals surface area contributed by atoms with Crippen LogP contribution in [0.5, 0.6) is 0 Å². The van der Waals surface area contributed by atoms with Gasteiger partial charge in [-0.2, -0.15) is 13.2 Å². The van der Waals surface area contributed by atoms with Crippen LogP contribution >= 0.6 is 23.2 Å². The van der Waals surface area contributed by atoms with Crippen molar-refractivity contribution >= 4 is 23.2 Å². The SMILES string of the molecule is O=c1onc(-c2cnccc2C(F)(F)F)n1-c1ccc(Cl)cc1Cl. The Morgan fingerprint density at radius 2 is 1.92 bits per heavy atom. The molecule has 0 aliphatic rings. The number of nitrogens with zero attached hydrogens (tertiary/aromatic N) is 3. The molecule has 0 fully saturated rings. The van der Waals surface area contributed by atoms with Crippen LogP contribution in [0.2, 0.25) is 10.0 Å². The summed E-state index contributed by atoms with van der Waals surface area (Å²) in [6.45, 7) is 0. The Balaban J connectivity index is 2.29. The van der Waals surface area contributed by atoms with Crippen molar-refractivity contribution in [3.8, 4) is 17.1 Å². The summed E-state index contributed by atoms with van der Waals surface area (Å²) in [5.41, 5.74) is -1.34. The van der Waals surface area contributed by atoms with Gasteiger partial charge in [-0.3, -0.25) is 9.51 Å². The molecule has 124 valence electrons. The molecular weight excluding hydrogens is 370 g/mol. The first-order valence-electron chi connectivity index (χ1n) is 6.35. The average Bonchev–Trinajstić information content (AvgIpc) is 2.88. The number of halogens is 5. The lowest BCUT2D eigenvalue weighted by atomic mass is 10.1. The van der Waals surface area contributed by atoms with Gasteiger partial charge < -0.3 is 0 Å². The number of hydrogen-bond acceptors (Lipinski definition) is 4. The van der Waals surface area contributed by atoms with Gasteiger partial charge in [0.25, 0.3) is 0 Å². The second kappa shape index (κ2) is 5.95. The molecule has 0 unspecified atom stereocenters. The maximum atomic E-state index is 13.2. The lowest BCUT2D eigenvalue weighted by Gasteiger charge is -2.12. The summed E-state index contributed by atoms with van der Waals surface area (Å²) in [6, 6.07) is 4.92. The van der Waals surface area contributed by atoms with Gasteiger partial charge in [0.05, 0.1) is 21.8 Å². The van der Waals surface area contributed by atoms with Gasteiger partial charge >= 0.3 is 11.9 Å². The van der Waals surface area contributed by atoms with Crippen LogP contribution in [0.25, 0.3) is 17.1 Å². The average molecular weight is 376 g/mol. The highest BCUT2D eigenvalue weighted by Gasteiger charge is 2.35. The number of hydrogen-bond donors (Lipinski definition) is 0. The Morgan fingerprint density at radius 1 is 1.17 bits per heavy atom. The lowest BCUT2D eigenvalue weighted by molar-refractivity contribution is -0.137. The van der Waals surface area contributed by atoms with Crippen LogP contribution < -0.4 is 5.76 Å². The highest BCUT2D eigenvalue weighted by Crippen LogP contribution is 2.36. The summed E-state index contributed by atoms with van der Waals surface area (Å²) in [7, 11) is 0. The molecule has 1 aromatic carbocycles. The highest BCUT2D eigenvalue weighted by molar-refractivity contribution is 6.35. The molecule has 0 N–H and O–H groups in total. The second-order valence-electron chi connectivity index (χ2n) is 4.62. The van der Waals surface area contributed by atoms with Gasteiger partial charge in [0, 0.05) is 17.4 Å². The van der Waals surface area contributed by atoms with Gasteiger partial charge in [-0.05, 0) is 24.3 Å². The van der Waals surface area contributed by atoms with E-state index in [1.807, 2.05) is 0 Å². The lowest BCUT2D eigenvalue weighted by Crippen LogP contribution is -2.15. The molecular formula is C14H6Cl2F3N3O2. The van der Waals surface area contributed by atoms with E-state index < -0.39 is 23.1 Å². The first-order chi connectivity index (χ1) is 11.3. The first kappa shape index (κ1) is 16.5. The predicted octanol–water partition coefficient (Wildman–Crippen LogP) is 4.21. The van der Waals surface area contributed by atoms with E-state index in [0.29, 0.717) is 5.02 Å². The van der Waals surface area contributed by atoms with E-state index in [-0.39, 0.29) is 16.5 Å². The molecule has 0 bridgehead atoms. The number of benzene rings is 1. The smallest absolute Gasteiger partial charge is 0.295 e. The minimum Gasteiger partial charge on any atom is -0.295 e. The van der Waals surface area contributed by atoms with Crippen molar-refractivity contribution in [1.82, 2.24) is 14.7 Å². The molecule has 0 atom stereocenters. The first-order valence-corrected chi connectivity index (χ1v) is 7.10. The van der Waals surface area contributed by atoms with E-state index in [2.05, 4.69) is 14.7 Å². The Bertz CT molecular complexity index is 966. The normalized spacial score (nSPS) is 11.7. The third-order valence-corrected chi connectivity index (χ3v) is 3.66. The van der Waals surface area contributed by atoms with E-state index in [0.717, 1.165) is 23.0 Å². The summed E-state index contributed by atoms with van der Waals surface area (Å²) in [5, 5.41) is 3.79. The fourth-order valence-corrected chi connectivity index (χ4v) is 2.61. The molecule has 5 nitrogen and oxygen atoms in total. The summed E-state index contributed by atoms with van der Waals surface area (Å²) in [5.74, 6) is -1.36. The number of pyridine rings is 1. The van der Waals surface area contributed by atoms with E-state index in [1.54, 1.807) is 0 Å². The molecule has 3 rings (SSSR count). The fourth-order valence-electron chi connectivity index (χ4n) is 2.11. The molecule has 0 amide bonds. The van der Waals surface area contributed by atoms with Crippen molar-refractivity contribution < 1.29 is 17.7 Å². The minimum atomic E-state index is -4.66. The Hall–Kier alpha value is -2.32. The highest BCUT2D eigenvalue weighted by atomic mass is 35.5. The van der Waals surface area contributed by atoms with Crippen LogP contribution in [-0.4, -0.2) is 14.7 Å². The van der Waals surface area contributed by atoms with E-state index >= 15 is 0 Å². The molecule has 0 saturated carbocycles. The second-order valence-corrected chi connectivity index (χ2v) is 5.47. The van der Waals surface area contributed by atoms with E-state index in [9.17, 15) is 18.0 Å². The number of alkyl halides is 3. The Morgan fingerprint density at radius 3 is 2.58 bits per heavy atom. The molecule has 2 aromatic heterocycles. The van der Waals surface area contributed by atoms with Gasteiger partial charge in [0.1, 0.15) is 0 Å². The maximum Gasteiger partial charge on any atom is 0.446 e. The van der Waals surface area contributed by atoms with Crippen molar-refractivity contribution in [2.24, 2.45) is 0 Å². The van der Waals surface area contributed by atoms with Crippen LogP contribution in [0, 0.1) is 0 Å². The quantitative estimate of drug-likeness (QED) is 0.672. The molecule has 0 aliphatic carbocycles. The molecule has 24 heavy (non-hydrogen) atoms. The van der Waals surface area contributed by atoms with E-state index in [1.165, 1.54) is 18.2 Å². The third kappa shape index (κ3) is 2.90. The maximum absolute atomic E-state index is 13.2. The van der Waals surface area contributed by atoms with Gasteiger partial charge in [-0.1, -0.05) is 28.4 Å². The van der Waals surface area contributed by atoms with Crippen molar-refractivity contribution in [3.63, 3.8) is 0 Å². The molecule has 3 aromatic rings. The van der Waals surface area contributed by atoms with Crippen molar-refractivity contribution in [2.75, 3.05) is 0 Å². The largest absolute Gasteiger partial charge is 0.446 e. The standard InChI is InChI=1S/C14H6Cl2F3N3O2/c15-7-1-2-11(10(16)5-7)22-12(21-24-13(22)23)8-6-20-4-3-9(8)14(17,18)19/h1-6H. The van der Waals surface area contributed by atoms with Crippen LogP contribution in [-0.2, 0) is 6.18 Å². The third-order valence-electron chi connectivity index (χ3n) is 3.12. The van der Waals surface area contributed by atoms with Crippen LogP contribution in [0.1, 0.15) is 5.56 Å². The number of rotatable bonds is 2. The zero-order valence-electron chi connectivity index (χ0n) is 11.5. The minimum absolute atomic E-state index is 0.0477. The zero-order valence-corrected chi connectivity index (χ0v) is 13.0. The molecule has 0 saturated heterocycles. The molecule has 0 spiro atoms. The molecule has 2 heterocycles. The molecule has 0 radical (unpaired) electrons.